The SMILES string of the molecule is Cc1cccc(C(N)c2ncnn2C)c1. The topological polar surface area (TPSA) is 56.7 Å². The Labute approximate surface area is 88.8 Å². The Morgan fingerprint density at radius 1 is 1.40 bits per heavy atom. The van der Waals surface area contributed by atoms with Crippen LogP contribution in [0, 0.1) is 6.92 Å². The number of rotatable bonds is 2. The van der Waals surface area contributed by atoms with E-state index in [9.17, 15) is 0 Å². The molecule has 0 saturated carbocycles. The molecule has 0 bridgehead atoms. The minimum Gasteiger partial charge on any atom is -0.318 e. The van der Waals surface area contributed by atoms with Crippen LogP contribution >= 0.6 is 0 Å². The average Bonchev–Trinajstić information content (AvgIpc) is 2.63. The third-order valence-corrected chi connectivity index (χ3v) is 2.43. The second-order valence-electron chi connectivity index (χ2n) is 3.63. The summed E-state index contributed by atoms with van der Waals surface area (Å²) in [4.78, 5) is 4.15. The largest absolute Gasteiger partial charge is 0.318 e. The molecule has 15 heavy (non-hydrogen) atoms. The van der Waals surface area contributed by atoms with Crippen LogP contribution in [0.25, 0.3) is 0 Å². The molecular weight excluding hydrogens is 188 g/mol. The fraction of sp³-hybridized carbons (Fsp3) is 0.273. The maximum absolute atomic E-state index is 6.11. The second-order valence-corrected chi connectivity index (χ2v) is 3.63. The average molecular weight is 202 g/mol. The van der Waals surface area contributed by atoms with Crippen molar-refractivity contribution in [1.29, 1.82) is 0 Å². The maximum Gasteiger partial charge on any atom is 0.148 e. The summed E-state index contributed by atoms with van der Waals surface area (Å²) in [5, 5.41) is 4.01. The van der Waals surface area contributed by atoms with E-state index in [0.717, 1.165) is 11.4 Å². The summed E-state index contributed by atoms with van der Waals surface area (Å²) in [6, 6.07) is 7.91. The molecule has 0 radical (unpaired) electrons. The van der Waals surface area contributed by atoms with Crippen molar-refractivity contribution in [2.45, 2.75) is 13.0 Å². The highest BCUT2D eigenvalue weighted by Crippen LogP contribution is 2.17. The molecule has 0 fully saturated rings. The second kappa shape index (κ2) is 3.82. The first-order chi connectivity index (χ1) is 7.18. The predicted octanol–water partition coefficient (Wildman–Crippen LogP) is 1.17. The van der Waals surface area contributed by atoms with Gasteiger partial charge in [-0.25, -0.2) is 4.98 Å². The Hall–Kier alpha value is -1.68. The normalized spacial score (nSPS) is 12.7. The molecule has 0 amide bonds. The van der Waals surface area contributed by atoms with Gasteiger partial charge in [-0.2, -0.15) is 5.10 Å². The fourth-order valence-corrected chi connectivity index (χ4v) is 1.60. The molecule has 1 aromatic heterocycles. The van der Waals surface area contributed by atoms with E-state index in [-0.39, 0.29) is 6.04 Å². The van der Waals surface area contributed by atoms with Gasteiger partial charge in [-0.3, -0.25) is 4.68 Å². The number of nitrogens with two attached hydrogens (primary N) is 1. The summed E-state index contributed by atoms with van der Waals surface area (Å²) < 4.78 is 1.70. The van der Waals surface area contributed by atoms with Gasteiger partial charge in [0.2, 0.25) is 0 Å². The molecule has 2 aromatic rings. The van der Waals surface area contributed by atoms with Crippen molar-refractivity contribution in [1.82, 2.24) is 14.8 Å². The van der Waals surface area contributed by atoms with E-state index in [0.29, 0.717) is 0 Å². The van der Waals surface area contributed by atoms with E-state index in [4.69, 9.17) is 5.73 Å². The number of benzene rings is 1. The van der Waals surface area contributed by atoms with Gasteiger partial charge in [-0.1, -0.05) is 29.8 Å². The molecule has 1 unspecified atom stereocenters. The number of hydrogen-bond donors (Lipinski definition) is 1. The van der Waals surface area contributed by atoms with Gasteiger partial charge in [0.1, 0.15) is 12.2 Å². The van der Waals surface area contributed by atoms with Gasteiger partial charge in [-0.05, 0) is 12.5 Å². The van der Waals surface area contributed by atoms with E-state index in [1.807, 2.05) is 32.2 Å². The summed E-state index contributed by atoms with van der Waals surface area (Å²) in [5.41, 5.74) is 8.37. The van der Waals surface area contributed by atoms with Gasteiger partial charge < -0.3 is 5.73 Å². The number of aromatic nitrogens is 3. The van der Waals surface area contributed by atoms with Gasteiger partial charge in [0.15, 0.2) is 0 Å². The summed E-state index contributed by atoms with van der Waals surface area (Å²) in [6.07, 6.45) is 1.52. The van der Waals surface area contributed by atoms with Crippen LogP contribution in [0.15, 0.2) is 30.6 Å². The Morgan fingerprint density at radius 2 is 2.20 bits per heavy atom. The summed E-state index contributed by atoms with van der Waals surface area (Å²) >= 11 is 0. The van der Waals surface area contributed by atoms with E-state index in [1.54, 1.807) is 4.68 Å². The van der Waals surface area contributed by atoms with Crippen molar-refractivity contribution >= 4 is 0 Å². The first-order valence-electron chi connectivity index (χ1n) is 4.84. The lowest BCUT2D eigenvalue weighted by molar-refractivity contribution is 0.659. The Balaban J connectivity index is 2.36. The Kier molecular flexibility index (Phi) is 2.51. The summed E-state index contributed by atoms with van der Waals surface area (Å²) in [7, 11) is 1.85. The molecule has 78 valence electrons. The molecule has 1 atom stereocenters. The molecule has 0 spiro atoms. The van der Waals surface area contributed by atoms with Crippen LogP contribution in [-0.2, 0) is 7.05 Å². The van der Waals surface area contributed by atoms with Crippen LogP contribution < -0.4 is 5.73 Å². The predicted molar refractivity (Wildman–Crippen MR) is 58.2 cm³/mol. The van der Waals surface area contributed by atoms with Gasteiger partial charge in [0.25, 0.3) is 0 Å². The van der Waals surface area contributed by atoms with Crippen LogP contribution in [-0.4, -0.2) is 14.8 Å². The molecule has 1 heterocycles. The van der Waals surface area contributed by atoms with Crippen LogP contribution in [0.1, 0.15) is 23.0 Å². The van der Waals surface area contributed by atoms with Crippen LogP contribution in [0.5, 0.6) is 0 Å². The standard InChI is InChI=1S/C11H14N4/c1-8-4-3-5-9(6-8)10(12)11-13-7-14-15(11)2/h3-7,10H,12H2,1-2H3. The lowest BCUT2D eigenvalue weighted by Gasteiger charge is -2.11. The summed E-state index contributed by atoms with van der Waals surface area (Å²) in [5.74, 6) is 0.778. The molecule has 0 aliphatic rings. The fourth-order valence-electron chi connectivity index (χ4n) is 1.60. The first-order valence-corrected chi connectivity index (χ1v) is 4.84. The highest BCUT2D eigenvalue weighted by Gasteiger charge is 2.13. The van der Waals surface area contributed by atoms with E-state index < -0.39 is 0 Å². The van der Waals surface area contributed by atoms with Crippen LogP contribution in [0.4, 0.5) is 0 Å². The molecule has 4 nitrogen and oxygen atoms in total. The first kappa shape index (κ1) is 9.86. The smallest absolute Gasteiger partial charge is 0.148 e. The minimum atomic E-state index is -0.211. The maximum atomic E-state index is 6.11. The van der Waals surface area contributed by atoms with Gasteiger partial charge in [0, 0.05) is 7.05 Å². The number of nitrogens with zero attached hydrogens (tertiary/aromatic N) is 3. The van der Waals surface area contributed by atoms with Crippen molar-refractivity contribution < 1.29 is 0 Å². The number of hydrogen-bond acceptors (Lipinski definition) is 3. The van der Waals surface area contributed by atoms with Crippen LogP contribution in [0.3, 0.4) is 0 Å². The molecule has 2 N–H and O–H groups in total. The molecule has 0 aliphatic carbocycles. The summed E-state index contributed by atoms with van der Waals surface area (Å²) in [6.45, 7) is 2.05. The zero-order chi connectivity index (χ0) is 10.8. The zero-order valence-corrected chi connectivity index (χ0v) is 8.88. The number of aryl methyl sites for hydroxylation is 2. The Bertz CT molecular complexity index is 461. The molecule has 0 saturated heterocycles. The molecule has 4 heteroatoms. The van der Waals surface area contributed by atoms with E-state index in [2.05, 4.69) is 16.1 Å². The Morgan fingerprint density at radius 3 is 2.80 bits per heavy atom. The van der Waals surface area contributed by atoms with E-state index in [1.165, 1.54) is 11.9 Å². The third kappa shape index (κ3) is 1.89. The molecular formula is C11H14N4. The lowest BCUT2D eigenvalue weighted by Crippen LogP contribution is -2.17. The van der Waals surface area contributed by atoms with Crippen molar-refractivity contribution in [2.75, 3.05) is 0 Å². The van der Waals surface area contributed by atoms with Gasteiger partial charge in [-0.15, -0.1) is 0 Å². The molecule has 1 aromatic carbocycles. The molecule has 2 rings (SSSR count). The van der Waals surface area contributed by atoms with Crippen molar-refractivity contribution in [3.8, 4) is 0 Å². The monoisotopic (exact) mass is 202 g/mol. The van der Waals surface area contributed by atoms with Crippen molar-refractivity contribution in [3.63, 3.8) is 0 Å². The van der Waals surface area contributed by atoms with E-state index >= 15 is 0 Å². The van der Waals surface area contributed by atoms with Crippen LogP contribution in [0.2, 0.25) is 0 Å². The van der Waals surface area contributed by atoms with Crippen molar-refractivity contribution in [3.05, 3.63) is 47.5 Å². The molecule has 0 aliphatic heterocycles. The quantitative estimate of drug-likeness (QED) is 0.795. The highest BCUT2D eigenvalue weighted by molar-refractivity contribution is 5.28. The third-order valence-electron chi connectivity index (χ3n) is 2.43. The highest BCUT2D eigenvalue weighted by atomic mass is 15.3. The van der Waals surface area contributed by atoms with Gasteiger partial charge >= 0.3 is 0 Å². The minimum absolute atomic E-state index is 0.211. The van der Waals surface area contributed by atoms with Crippen molar-refractivity contribution in [2.24, 2.45) is 12.8 Å². The van der Waals surface area contributed by atoms with Gasteiger partial charge in [0.05, 0.1) is 6.04 Å². The zero-order valence-electron chi connectivity index (χ0n) is 8.88. The lowest BCUT2D eigenvalue weighted by atomic mass is 10.0.